The standard InChI is InChI=1S/C26H31ClN6O/c27-21-12-23(26(34)32-14-19-3-4-22-20(11-19)5-8-29-24(22)28)25(31-15-21)30-13-17-6-9-33(10-7-17)16-18-1-2-18/h3-5,8,11-12,15,17-18H,1-2,6-7,9-10,13-14,16H2,(H2,28,29)(H,30,31)(H,32,34). The Bertz CT molecular complexity index is 1170. The molecule has 34 heavy (non-hydrogen) atoms. The van der Waals surface area contributed by atoms with Crippen molar-refractivity contribution in [2.75, 3.05) is 37.2 Å². The van der Waals surface area contributed by atoms with Crippen molar-refractivity contribution in [2.45, 2.75) is 32.2 Å². The molecule has 8 heteroatoms. The fraction of sp³-hybridized carbons (Fsp3) is 0.423. The number of anilines is 2. The van der Waals surface area contributed by atoms with Crippen LogP contribution in [0.4, 0.5) is 11.6 Å². The maximum absolute atomic E-state index is 13.0. The van der Waals surface area contributed by atoms with Crippen molar-refractivity contribution >= 4 is 39.9 Å². The number of carbonyl (C=O) groups is 1. The number of hydrogen-bond donors (Lipinski definition) is 3. The zero-order valence-electron chi connectivity index (χ0n) is 19.3. The topological polar surface area (TPSA) is 96.2 Å². The minimum atomic E-state index is -0.203. The van der Waals surface area contributed by atoms with E-state index in [2.05, 4.69) is 25.5 Å². The Morgan fingerprint density at radius 2 is 1.91 bits per heavy atom. The summed E-state index contributed by atoms with van der Waals surface area (Å²) in [5.74, 6) is 2.41. The van der Waals surface area contributed by atoms with Crippen molar-refractivity contribution in [1.29, 1.82) is 0 Å². The van der Waals surface area contributed by atoms with Gasteiger partial charge in [0.15, 0.2) is 0 Å². The molecule has 1 aromatic carbocycles. The molecule has 2 aliphatic rings. The Balaban J connectivity index is 1.18. The van der Waals surface area contributed by atoms with Gasteiger partial charge >= 0.3 is 0 Å². The number of halogens is 1. The molecule has 1 aliphatic carbocycles. The second-order valence-electron chi connectivity index (χ2n) is 9.55. The molecule has 3 heterocycles. The molecule has 0 atom stereocenters. The van der Waals surface area contributed by atoms with Gasteiger partial charge in [-0.3, -0.25) is 4.79 Å². The molecule has 2 aromatic heterocycles. The highest BCUT2D eigenvalue weighted by atomic mass is 35.5. The summed E-state index contributed by atoms with van der Waals surface area (Å²) in [6.45, 7) is 4.80. The molecule has 7 nitrogen and oxygen atoms in total. The lowest BCUT2D eigenvalue weighted by Crippen LogP contribution is -2.37. The number of pyridine rings is 2. The molecule has 1 amide bonds. The Morgan fingerprint density at radius 1 is 1.09 bits per heavy atom. The van der Waals surface area contributed by atoms with Crippen LogP contribution in [0.2, 0.25) is 5.02 Å². The SMILES string of the molecule is Nc1nccc2cc(CNC(=O)c3cc(Cl)cnc3NCC3CCN(CC4CC4)CC3)ccc12. The first-order valence-corrected chi connectivity index (χ1v) is 12.5. The second kappa shape index (κ2) is 10.2. The van der Waals surface area contributed by atoms with Crippen molar-refractivity contribution in [2.24, 2.45) is 11.8 Å². The predicted molar refractivity (Wildman–Crippen MR) is 137 cm³/mol. The van der Waals surface area contributed by atoms with E-state index in [0.717, 1.165) is 41.9 Å². The van der Waals surface area contributed by atoms with Gasteiger partial charge in [0.25, 0.3) is 5.91 Å². The average Bonchev–Trinajstić information content (AvgIpc) is 3.67. The maximum atomic E-state index is 13.0. The number of rotatable bonds is 8. The summed E-state index contributed by atoms with van der Waals surface area (Å²) in [7, 11) is 0. The number of likely N-dealkylation sites (tertiary alicyclic amines) is 1. The van der Waals surface area contributed by atoms with E-state index in [9.17, 15) is 4.79 Å². The van der Waals surface area contributed by atoms with Crippen LogP contribution in [-0.2, 0) is 6.54 Å². The fourth-order valence-corrected chi connectivity index (χ4v) is 4.83. The molecule has 3 aromatic rings. The summed E-state index contributed by atoms with van der Waals surface area (Å²) in [5, 5.41) is 8.76. The number of nitrogen functional groups attached to an aromatic ring is 1. The third-order valence-electron chi connectivity index (χ3n) is 6.89. The molecule has 0 spiro atoms. The fourth-order valence-electron chi connectivity index (χ4n) is 4.67. The van der Waals surface area contributed by atoms with Crippen LogP contribution in [0.25, 0.3) is 10.8 Å². The van der Waals surface area contributed by atoms with Crippen LogP contribution in [0.1, 0.15) is 41.6 Å². The number of amides is 1. The van der Waals surface area contributed by atoms with Gasteiger partial charge < -0.3 is 21.3 Å². The molecule has 0 bridgehead atoms. The quantitative estimate of drug-likeness (QED) is 0.446. The van der Waals surface area contributed by atoms with E-state index < -0.39 is 0 Å². The van der Waals surface area contributed by atoms with Crippen LogP contribution < -0.4 is 16.4 Å². The lowest BCUT2D eigenvalue weighted by Gasteiger charge is -2.32. The zero-order chi connectivity index (χ0) is 23.5. The summed E-state index contributed by atoms with van der Waals surface area (Å²) in [6, 6.07) is 9.49. The molecular formula is C26H31ClN6O. The number of nitrogens with zero attached hydrogens (tertiary/aromatic N) is 3. The minimum Gasteiger partial charge on any atom is -0.383 e. The smallest absolute Gasteiger partial charge is 0.255 e. The second-order valence-corrected chi connectivity index (χ2v) is 9.99. The van der Waals surface area contributed by atoms with E-state index in [1.54, 1.807) is 18.5 Å². The zero-order valence-corrected chi connectivity index (χ0v) is 20.0. The number of nitrogens with one attached hydrogen (secondary N) is 2. The van der Waals surface area contributed by atoms with Crippen LogP contribution in [0.15, 0.2) is 42.7 Å². The molecule has 0 unspecified atom stereocenters. The van der Waals surface area contributed by atoms with E-state index in [1.165, 1.54) is 32.2 Å². The van der Waals surface area contributed by atoms with Crippen molar-refractivity contribution in [3.8, 4) is 0 Å². The number of fused-ring (bicyclic) bond motifs is 1. The van der Waals surface area contributed by atoms with Gasteiger partial charge in [-0.1, -0.05) is 23.7 Å². The number of piperidine rings is 1. The monoisotopic (exact) mass is 478 g/mol. The van der Waals surface area contributed by atoms with Gasteiger partial charge in [0.05, 0.1) is 10.6 Å². The first kappa shape index (κ1) is 22.9. The lowest BCUT2D eigenvalue weighted by molar-refractivity contribution is 0.0951. The minimum absolute atomic E-state index is 0.203. The highest BCUT2D eigenvalue weighted by Gasteiger charge is 2.27. The molecule has 5 rings (SSSR count). The van der Waals surface area contributed by atoms with Gasteiger partial charge in [-0.25, -0.2) is 9.97 Å². The number of carbonyl (C=O) groups excluding carboxylic acids is 1. The lowest BCUT2D eigenvalue weighted by atomic mass is 9.96. The van der Waals surface area contributed by atoms with Crippen LogP contribution >= 0.6 is 11.6 Å². The van der Waals surface area contributed by atoms with Crippen LogP contribution in [0.3, 0.4) is 0 Å². The Kier molecular flexibility index (Phi) is 6.83. The summed E-state index contributed by atoms with van der Waals surface area (Å²) in [6.07, 6.45) is 8.43. The Labute approximate surface area is 205 Å². The van der Waals surface area contributed by atoms with Crippen molar-refractivity contribution in [3.63, 3.8) is 0 Å². The third-order valence-corrected chi connectivity index (χ3v) is 7.10. The molecule has 1 saturated heterocycles. The summed E-state index contributed by atoms with van der Waals surface area (Å²) >= 11 is 6.18. The average molecular weight is 479 g/mol. The largest absolute Gasteiger partial charge is 0.383 e. The van der Waals surface area contributed by atoms with Crippen molar-refractivity contribution in [3.05, 3.63) is 58.9 Å². The van der Waals surface area contributed by atoms with E-state index in [4.69, 9.17) is 17.3 Å². The Hall–Kier alpha value is -2.90. The highest BCUT2D eigenvalue weighted by molar-refractivity contribution is 6.31. The summed E-state index contributed by atoms with van der Waals surface area (Å²) in [4.78, 5) is 24.2. The van der Waals surface area contributed by atoms with Gasteiger partial charge in [0.1, 0.15) is 11.6 Å². The normalized spacial score (nSPS) is 17.1. The molecular weight excluding hydrogens is 448 g/mol. The number of hydrogen-bond acceptors (Lipinski definition) is 6. The van der Waals surface area contributed by atoms with Gasteiger partial charge in [-0.15, -0.1) is 0 Å². The first-order chi connectivity index (χ1) is 16.5. The summed E-state index contributed by atoms with van der Waals surface area (Å²) in [5.41, 5.74) is 7.38. The molecule has 1 aliphatic heterocycles. The molecule has 1 saturated carbocycles. The van der Waals surface area contributed by atoms with Crippen LogP contribution in [0.5, 0.6) is 0 Å². The highest BCUT2D eigenvalue weighted by Crippen LogP contribution is 2.31. The number of benzene rings is 1. The van der Waals surface area contributed by atoms with Gasteiger partial charge in [0, 0.05) is 37.4 Å². The predicted octanol–water partition coefficient (Wildman–Crippen LogP) is 4.33. The van der Waals surface area contributed by atoms with Crippen molar-refractivity contribution in [1.82, 2.24) is 20.2 Å². The maximum Gasteiger partial charge on any atom is 0.255 e. The van der Waals surface area contributed by atoms with Gasteiger partial charge in [0.2, 0.25) is 0 Å². The molecule has 178 valence electrons. The summed E-state index contributed by atoms with van der Waals surface area (Å²) < 4.78 is 0. The molecule has 0 radical (unpaired) electrons. The van der Waals surface area contributed by atoms with Crippen LogP contribution in [0, 0.1) is 11.8 Å². The van der Waals surface area contributed by atoms with Crippen LogP contribution in [-0.4, -0.2) is 47.0 Å². The van der Waals surface area contributed by atoms with Crippen molar-refractivity contribution < 1.29 is 4.79 Å². The number of nitrogens with two attached hydrogens (primary N) is 1. The first-order valence-electron chi connectivity index (χ1n) is 12.1. The van der Waals surface area contributed by atoms with E-state index >= 15 is 0 Å². The van der Waals surface area contributed by atoms with E-state index in [0.29, 0.717) is 34.7 Å². The van der Waals surface area contributed by atoms with Gasteiger partial charge in [-0.2, -0.15) is 0 Å². The molecule has 4 N–H and O–H groups in total. The van der Waals surface area contributed by atoms with E-state index in [1.807, 2.05) is 24.3 Å². The number of aromatic nitrogens is 2. The van der Waals surface area contributed by atoms with E-state index in [-0.39, 0.29) is 5.91 Å². The van der Waals surface area contributed by atoms with Gasteiger partial charge in [-0.05, 0) is 79.8 Å². The molecule has 2 fully saturated rings. The third kappa shape index (κ3) is 5.59. The Morgan fingerprint density at radius 3 is 2.71 bits per heavy atom.